The Kier molecular flexibility index (Phi) is 5.00. The summed E-state index contributed by atoms with van der Waals surface area (Å²) in [7, 11) is 0. The van der Waals surface area contributed by atoms with E-state index in [1.165, 1.54) is 32.1 Å². The Morgan fingerprint density at radius 2 is 2.00 bits per heavy atom. The van der Waals surface area contributed by atoms with Gasteiger partial charge in [0, 0.05) is 23.8 Å². The van der Waals surface area contributed by atoms with Crippen molar-refractivity contribution in [3.63, 3.8) is 0 Å². The Morgan fingerprint density at radius 3 is 2.68 bits per heavy atom. The molecule has 0 amide bonds. The van der Waals surface area contributed by atoms with Gasteiger partial charge in [-0.3, -0.25) is 0 Å². The number of hydrogen-bond donors (Lipinski definition) is 2. The van der Waals surface area contributed by atoms with Crippen LogP contribution in [0.25, 0.3) is 0 Å². The molecule has 1 fully saturated rings. The van der Waals surface area contributed by atoms with Crippen LogP contribution in [0.15, 0.2) is 6.07 Å². The van der Waals surface area contributed by atoms with Gasteiger partial charge in [-0.1, -0.05) is 26.2 Å². The summed E-state index contributed by atoms with van der Waals surface area (Å²) in [4.78, 5) is 9.08. The van der Waals surface area contributed by atoms with E-state index in [2.05, 4.69) is 34.4 Å². The molecule has 0 spiro atoms. The molecule has 19 heavy (non-hydrogen) atoms. The van der Waals surface area contributed by atoms with Gasteiger partial charge in [0.25, 0.3) is 0 Å². The molecule has 1 aromatic rings. The summed E-state index contributed by atoms with van der Waals surface area (Å²) in [5.74, 6) is 1.71. The van der Waals surface area contributed by atoms with E-state index in [4.69, 9.17) is 0 Å². The second-order valence-electron chi connectivity index (χ2n) is 5.65. The van der Waals surface area contributed by atoms with Crippen LogP contribution >= 0.6 is 0 Å². The highest BCUT2D eigenvalue weighted by atomic mass is 15.2. The summed E-state index contributed by atoms with van der Waals surface area (Å²) in [5.41, 5.74) is 1.01. The van der Waals surface area contributed by atoms with E-state index in [1.807, 2.05) is 13.0 Å². The normalized spacial score (nSPS) is 18.1. The van der Waals surface area contributed by atoms with Gasteiger partial charge in [-0.05, 0) is 33.1 Å². The van der Waals surface area contributed by atoms with Gasteiger partial charge in [-0.15, -0.1) is 0 Å². The predicted octanol–water partition coefficient (Wildman–Crippen LogP) is 3.74. The number of hydrogen-bond acceptors (Lipinski definition) is 4. The number of nitrogens with one attached hydrogen (secondary N) is 2. The lowest BCUT2D eigenvalue weighted by atomic mass is 9.96. The van der Waals surface area contributed by atoms with Crippen molar-refractivity contribution in [1.29, 1.82) is 0 Å². The van der Waals surface area contributed by atoms with Crippen LogP contribution in [0.2, 0.25) is 0 Å². The van der Waals surface area contributed by atoms with Crippen LogP contribution in [-0.2, 0) is 0 Å². The lowest BCUT2D eigenvalue weighted by Gasteiger charge is -2.23. The highest BCUT2D eigenvalue weighted by molar-refractivity contribution is 5.43. The van der Waals surface area contributed by atoms with Crippen LogP contribution in [0.3, 0.4) is 0 Å². The second-order valence-corrected chi connectivity index (χ2v) is 5.65. The fourth-order valence-electron chi connectivity index (χ4n) is 2.49. The minimum Gasteiger partial charge on any atom is -0.367 e. The molecule has 0 bridgehead atoms. The summed E-state index contributed by atoms with van der Waals surface area (Å²) < 4.78 is 0. The van der Waals surface area contributed by atoms with Gasteiger partial charge in [0.2, 0.25) is 5.95 Å². The molecule has 106 valence electrons. The Labute approximate surface area is 116 Å². The molecule has 0 aromatic carbocycles. The van der Waals surface area contributed by atoms with Gasteiger partial charge in [-0.2, -0.15) is 4.98 Å². The lowest BCUT2D eigenvalue weighted by molar-refractivity contribution is 0.461. The molecule has 0 aliphatic heterocycles. The van der Waals surface area contributed by atoms with Gasteiger partial charge >= 0.3 is 0 Å². The molecule has 1 aliphatic carbocycles. The monoisotopic (exact) mass is 262 g/mol. The third kappa shape index (κ3) is 4.37. The smallest absolute Gasteiger partial charge is 0.225 e. The first-order valence-electron chi connectivity index (χ1n) is 7.56. The summed E-state index contributed by atoms with van der Waals surface area (Å²) in [6.45, 7) is 6.37. The van der Waals surface area contributed by atoms with Crippen LogP contribution in [0.4, 0.5) is 11.8 Å². The Morgan fingerprint density at radius 1 is 1.26 bits per heavy atom. The van der Waals surface area contributed by atoms with Gasteiger partial charge in [0.05, 0.1) is 0 Å². The first-order valence-corrected chi connectivity index (χ1v) is 7.56. The van der Waals surface area contributed by atoms with Crippen molar-refractivity contribution in [2.24, 2.45) is 0 Å². The minimum absolute atomic E-state index is 0.442. The standard InChI is InChI=1S/C15H26N4/c1-4-11(2)16-14-10-12(3)17-15(19-14)18-13-8-6-5-7-9-13/h10-11,13H,4-9H2,1-3H3,(H2,16,17,18,19). The van der Waals surface area contributed by atoms with E-state index in [1.54, 1.807) is 0 Å². The fourth-order valence-corrected chi connectivity index (χ4v) is 2.49. The van der Waals surface area contributed by atoms with Gasteiger partial charge in [-0.25, -0.2) is 4.98 Å². The van der Waals surface area contributed by atoms with Crippen molar-refractivity contribution in [1.82, 2.24) is 9.97 Å². The minimum atomic E-state index is 0.442. The molecule has 0 saturated heterocycles. The first-order chi connectivity index (χ1) is 9.17. The van der Waals surface area contributed by atoms with E-state index in [0.717, 1.165) is 23.9 Å². The maximum atomic E-state index is 4.58. The Bertz CT molecular complexity index is 399. The van der Waals surface area contributed by atoms with Gasteiger partial charge in [0.1, 0.15) is 5.82 Å². The molecular weight excluding hydrogens is 236 g/mol. The van der Waals surface area contributed by atoms with Crippen molar-refractivity contribution < 1.29 is 0 Å². The molecule has 1 aliphatic rings. The average Bonchev–Trinajstić information content (AvgIpc) is 2.39. The second kappa shape index (κ2) is 6.73. The van der Waals surface area contributed by atoms with E-state index >= 15 is 0 Å². The van der Waals surface area contributed by atoms with Crippen molar-refractivity contribution in [2.75, 3.05) is 10.6 Å². The van der Waals surface area contributed by atoms with Crippen LogP contribution in [0.1, 0.15) is 58.1 Å². The molecular formula is C15H26N4. The van der Waals surface area contributed by atoms with E-state index in [9.17, 15) is 0 Å². The Hall–Kier alpha value is -1.32. The lowest BCUT2D eigenvalue weighted by Crippen LogP contribution is -2.24. The third-order valence-electron chi connectivity index (χ3n) is 3.80. The molecule has 1 saturated carbocycles. The summed E-state index contributed by atoms with van der Waals surface area (Å²) >= 11 is 0. The third-order valence-corrected chi connectivity index (χ3v) is 3.80. The molecule has 4 nitrogen and oxygen atoms in total. The highest BCUT2D eigenvalue weighted by Crippen LogP contribution is 2.21. The summed E-state index contributed by atoms with van der Waals surface area (Å²) in [5, 5.41) is 6.91. The zero-order valence-corrected chi connectivity index (χ0v) is 12.4. The number of aryl methyl sites for hydroxylation is 1. The highest BCUT2D eigenvalue weighted by Gasteiger charge is 2.14. The first kappa shape index (κ1) is 14.1. The topological polar surface area (TPSA) is 49.8 Å². The van der Waals surface area contributed by atoms with E-state index in [0.29, 0.717) is 12.1 Å². The van der Waals surface area contributed by atoms with Crippen molar-refractivity contribution in [3.8, 4) is 0 Å². The predicted molar refractivity (Wildman–Crippen MR) is 80.6 cm³/mol. The SMILES string of the molecule is CCC(C)Nc1cc(C)nc(NC2CCCCC2)n1. The Balaban J connectivity index is 2.03. The zero-order valence-electron chi connectivity index (χ0n) is 12.4. The maximum Gasteiger partial charge on any atom is 0.225 e. The maximum absolute atomic E-state index is 4.58. The summed E-state index contributed by atoms with van der Waals surface area (Å²) in [6, 6.07) is 3.00. The zero-order chi connectivity index (χ0) is 13.7. The van der Waals surface area contributed by atoms with Crippen molar-refractivity contribution in [2.45, 2.75) is 71.4 Å². The quantitative estimate of drug-likeness (QED) is 0.848. The molecule has 2 rings (SSSR count). The largest absolute Gasteiger partial charge is 0.367 e. The van der Waals surface area contributed by atoms with Crippen LogP contribution in [0, 0.1) is 6.92 Å². The number of nitrogens with zero attached hydrogens (tertiary/aromatic N) is 2. The fraction of sp³-hybridized carbons (Fsp3) is 0.733. The molecule has 0 radical (unpaired) electrons. The average molecular weight is 262 g/mol. The van der Waals surface area contributed by atoms with Gasteiger partial charge < -0.3 is 10.6 Å². The van der Waals surface area contributed by atoms with Crippen LogP contribution < -0.4 is 10.6 Å². The number of aromatic nitrogens is 2. The molecule has 1 unspecified atom stereocenters. The summed E-state index contributed by atoms with van der Waals surface area (Å²) in [6.07, 6.45) is 7.59. The molecule has 1 atom stereocenters. The number of anilines is 2. The van der Waals surface area contributed by atoms with E-state index in [-0.39, 0.29) is 0 Å². The van der Waals surface area contributed by atoms with Crippen molar-refractivity contribution in [3.05, 3.63) is 11.8 Å². The molecule has 1 heterocycles. The van der Waals surface area contributed by atoms with Crippen LogP contribution in [0.5, 0.6) is 0 Å². The number of rotatable bonds is 5. The van der Waals surface area contributed by atoms with E-state index < -0.39 is 0 Å². The molecule has 1 aromatic heterocycles. The molecule has 4 heteroatoms. The van der Waals surface area contributed by atoms with Gasteiger partial charge in [0.15, 0.2) is 0 Å². The van der Waals surface area contributed by atoms with Crippen LogP contribution in [-0.4, -0.2) is 22.1 Å². The van der Waals surface area contributed by atoms with Crippen molar-refractivity contribution >= 4 is 11.8 Å². The molecule has 2 N–H and O–H groups in total.